The molecule has 10 heteroatoms. The van der Waals surface area contributed by atoms with Gasteiger partial charge in [0.05, 0.1) is 0 Å². The highest BCUT2D eigenvalue weighted by atomic mass is 79.9. The first kappa shape index (κ1) is 21.1. The number of halogens is 4. The van der Waals surface area contributed by atoms with Crippen LogP contribution in [-0.4, -0.2) is 0 Å². The smallest absolute Gasteiger partial charge is 0.231 e. The van der Waals surface area contributed by atoms with Gasteiger partial charge in [-0.05, 0) is 24.3 Å². The molecule has 3 aromatic rings. The first-order valence-corrected chi connectivity index (χ1v) is 10.2. The standard InChI is InChI=1S/C18H10Br4O6/c19-25-15-13(23-11-7-3-1-4-8-11)14(24-12-9-5-2-6-10-12)16(26-20)18(28-22)17(15)27-21/h1-10H. The van der Waals surface area contributed by atoms with Crippen molar-refractivity contribution < 1.29 is 24.8 Å². The van der Waals surface area contributed by atoms with Crippen LogP contribution in [0.15, 0.2) is 60.7 Å². The highest BCUT2D eigenvalue weighted by molar-refractivity contribution is 9.06. The van der Waals surface area contributed by atoms with E-state index in [2.05, 4.69) is 65.0 Å². The Labute approximate surface area is 195 Å². The molecule has 28 heavy (non-hydrogen) atoms. The molecule has 0 aliphatic carbocycles. The summed E-state index contributed by atoms with van der Waals surface area (Å²) in [7, 11) is 0. The number of benzene rings is 3. The Morgan fingerprint density at radius 2 is 0.679 bits per heavy atom. The molecule has 146 valence electrons. The summed E-state index contributed by atoms with van der Waals surface area (Å²) in [5, 5.41) is 0. The normalized spacial score (nSPS) is 10.1. The van der Waals surface area contributed by atoms with E-state index in [1.54, 1.807) is 24.3 Å². The summed E-state index contributed by atoms with van der Waals surface area (Å²) in [6, 6.07) is 18.2. The molecule has 0 fully saturated rings. The van der Waals surface area contributed by atoms with E-state index < -0.39 is 0 Å². The minimum atomic E-state index is 0.134. The second-order valence-corrected chi connectivity index (χ2v) is 6.41. The Kier molecular flexibility index (Phi) is 7.72. The van der Waals surface area contributed by atoms with E-state index in [0.29, 0.717) is 11.5 Å². The average Bonchev–Trinajstić information content (AvgIpc) is 2.75. The van der Waals surface area contributed by atoms with Crippen LogP contribution in [0.2, 0.25) is 0 Å². The molecule has 0 N–H and O–H groups in total. The van der Waals surface area contributed by atoms with E-state index in [0.717, 1.165) is 0 Å². The monoisotopic (exact) mass is 638 g/mol. The topological polar surface area (TPSA) is 55.4 Å². The van der Waals surface area contributed by atoms with Gasteiger partial charge in [0, 0.05) is 0 Å². The molecule has 0 radical (unpaired) electrons. The lowest BCUT2D eigenvalue weighted by atomic mass is 10.2. The molecule has 0 heterocycles. The molecule has 0 spiro atoms. The maximum atomic E-state index is 6.04. The Morgan fingerprint density at radius 3 is 0.964 bits per heavy atom. The zero-order chi connectivity index (χ0) is 19.9. The lowest BCUT2D eigenvalue weighted by molar-refractivity contribution is 0.388. The number of para-hydroxylation sites is 2. The van der Waals surface area contributed by atoms with Crippen molar-refractivity contribution in [2.75, 3.05) is 0 Å². The maximum absolute atomic E-state index is 6.04. The van der Waals surface area contributed by atoms with Gasteiger partial charge < -0.3 is 24.8 Å². The van der Waals surface area contributed by atoms with Gasteiger partial charge in [0.15, 0.2) is 65.0 Å². The van der Waals surface area contributed by atoms with Gasteiger partial charge in [-0.15, -0.1) is 0 Å². The molecule has 0 aliphatic heterocycles. The predicted octanol–water partition coefficient (Wildman–Crippen LogP) is 8.03. The van der Waals surface area contributed by atoms with Crippen LogP contribution in [0.3, 0.4) is 0 Å². The first-order valence-electron chi connectivity index (χ1n) is 7.57. The molecule has 0 saturated carbocycles. The Bertz CT molecular complexity index is 848. The summed E-state index contributed by atoms with van der Waals surface area (Å²) >= 11 is 11.9. The Balaban J connectivity index is 2.25. The Morgan fingerprint density at radius 1 is 0.393 bits per heavy atom. The molecule has 0 amide bonds. The number of hydrogen-bond donors (Lipinski definition) is 0. The second-order valence-electron chi connectivity index (χ2n) is 5.11. The van der Waals surface area contributed by atoms with Gasteiger partial charge >= 0.3 is 0 Å². The van der Waals surface area contributed by atoms with E-state index in [1.807, 2.05) is 36.4 Å². The summed E-state index contributed by atoms with van der Waals surface area (Å²) in [4.78, 5) is 0. The molecule has 0 aliphatic rings. The lowest BCUT2D eigenvalue weighted by Crippen LogP contribution is -1.98. The lowest BCUT2D eigenvalue weighted by Gasteiger charge is -2.20. The van der Waals surface area contributed by atoms with Crippen molar-refractivity contribution in [2.45, 2.75) is 0 Å². The molecule has 0 aromatic heterocycles. The molecule has 3 aromatic carbocycles. The summed E-state index contributed by atoms with van der Waals surface area (Å²) in [5.41, 5.74) is 0. The van der Waals surface area contributed by atoms with E-state index in [-0.39, 0.29) is 34.5 Å². The van der Waals surface area contributed by atoms with E-state index in [4.69, 9.17) is 24.8 Å². The van der Waals surface area contributed by atoms with Crippen molar-refractivity contribution in [2.24, 2.45) is 0 Å². The summed E-state index contributed by atoms with van der Waals surface area (Å²) < 4.78 is 33.3. The highest BCUT2D eigenvalue weighted by Gasteiger charge is 2.33. The molecule has 6 nitrogen and oxygen atoms in total. The quantitative estimate of drug-likeness (QED) is 0.248. The molecular formula is C18H10Br4O6. The van der Waals surface area contributed by atoms with Gasteiger partial charge in [0.25, 0.3) is 0 Å². The first-order chi connectivity index (χ1) is 13.7. The number of ether oxygens (including phenoxy) is 2. The fraction of sp³-hybridized carbons (Fsp3) is 0. The summed E-state index contributed by atoms with van der Waals surface area (Å²) in [5.74, 6) is 2.01. The van der Waals surface area contributed by atoms with Gasteiger partial charge in [0.1, 0.15) is 11.5 Å². The van der Waals surface area contributed by atoms with Crippen LogP contribution in [0.5, 0.6) is 46.0 Å². The summed E-state index contributed by atoms with van der Waals surface area (Å²) in [6.07, 6.45) is 0. The molecule has 3 rings (SSSR count). The van der Waals surface area contributed by atoms with Crippen molar-refractivity contribution in [3.8, 4) is 46.0 Å². The van der Waals surface area contributed by atoms with Crippen molar-refractivity contribution in [1.29, 1.82) is 0 Å². The zero-order valence-corrected chi connectivity index (χ0v) is 20.1. The van der Waals surface area contributed by atoms with Gasteiger partial charge in [-0.25, -0.2) is 0 Å². The van der Waals surface area contributed by atoms with Crippen LogP contribution in [-0.2, 0) is 0 Å². The molecule has 0 bridgehead atoms. The molecule has 0 atom stereocenters. The van der Waals surface area contributed by atoms with E-state index >= 15 is 0 Å². The van der Waals surface area contributed by atoms with Gasteiger partial charge in [-0.3, -0.25) is 0 Å². The third kappa shape index (κ3) is 4.51. The van der Waals surface area contributed by atoms with Crippen molar-refractivity contribution in [3.05, 3.63) is 60.7 Å². The molecule has 0 unspecified atom stereocenters. The molecule has 0 saturated heterocycles. The zero-order valence-electron chi connectivity index (χ0n) is 13.7. The van der Waals surface area contributed by atoms with E-state index in [9.17, 15) is 0 Å². The minimum Gasteiger partial charge on any atom is -0.449 e. The van der Waals surface area contributed by atoms with Gasteiger partial charge in [0.2, 0.25) is 34.5 Å². The van der Waals surface area contributed by atoms with Crippen molar-refractivity contribution in [1.82, 2.24) is 0 Å². The Hall–Kier alpha value is -1.62. The molecular weight excluding hydrogens is 632 g/mol. The minimum absolute atomic E-state index is 0.134. The van der Waals surface area contributed by atoms with Gasteiger partial charge in [-0.2, -0.15) is 0 Å². The van der Waals surface area contributed by atoms with Crippen LogP contribution in [0, 0.1) is 0 Å². The van der Waals surface area contributed by atoms with Crippen LogP contribution in [0.4, 0.5) is 0 Å². The van der Waals surface area contributed by atoms with Crippen LogP contribution < -0.4 is 24.8 Å². The highest BCUT2D eigenvalue weighted by Crippen LogP contribution is 2.61. The van der Waals surface area contributed by atoms with Crippen LogP contribution in [0.1, 0.15) is 0 Å². The third-order valence-corrected chi connectivity index (χ3v) is 4.77. The second kappa shape index (κ2) is 10.2. The SMILES string of the molecule is BrOc1c(OBr)c(OBr)c(Oc2ccccc2)c(Oc2ccccc2)c1OBr. The maximum Gasteiger partial charge on any atom is 0.231 e. The largest absolute Gasteiger partial charge is 0.449 e. The van der Waals surface area contributed by atoms with Crippen molar-refractivity contribution in [3.63, 3.8) is 0 Å². The van der Waals surface area contributed by atoms with E-state index in [1.165, 1.54) is 0 Å². The summed E-state index contributed by atoms with van der Waals surface area (Å²) in [6.45, 7) is 0. The fourth-order valence-electron chi connectivity index (χ4n) is 2.30. The third-order valence-electron chi connectivity index (χ3n) is 3.47. The van der Waals surface area contributed by atoms with Gasteiger partial charge in [-0.1, -0.05) is 36.4 Å². The average molecular weight is 642 g/mol. The number of hydrogen-bond acceptors (Lipinski definition) is 6. The van der Waals surface area contributed by atoms with Crippen LogP contribution >= 0.6 is 65.0 Å². The van der Waals surface area contributed by atoms with Crippen LogP contribution in [0.25, 0.3) is 0 Å². The van der Waals surface area contributed by atoms with Crippen molar-refractivity contribution >= 4 is 65.0 Å². The number of rotatable bonds is 8. The predicted molar refractivity (Wildman–Crippen MR) is 118 cm³/mol. The fourth-order valence-corrected chi connectivity index (χ4v) is 3.47.